The molecular formula is C27H29NO5. The van der Waals surface area contributed by atoms with E-state index < -0.39 is 18.1 Å². The molecule has 0 aliphatic rings. The highest BCUT2D eigenvalue weighted by molar-refractivity contribution is 6.00. The lowest BCUT2D eigenvalue weighted by Crippen LogP contribution is -2.45. The van der Waals surface area contributed by atoms with Gasteiger partial charge in [-0.05, 0) is 44.5 Å². The van der Waals surface area contributed by atoms with E-state index in [-0.39, 0.29) is 13.2 Å². The Morgan fingerprint density at radius 1 is 0.909 bits per heavy atom. The van der Waals surface area contributed by atoms with Gasteiger partial charge in [-0.3, -0.25) is 4.90 Å². The van der Waals surface area contributed by atoms with E-state index in [1.54, 1.807) is 27.0 Å². The lowest BCUT2D eigenvalue weighted by atomic mass is 9.99. The number of nitrogens with zero attached hydrogens (tertiary/aromatic N) is 1. The fourth-order valence-corrected chi connectivity index (χ4v) is 3.57. The first-order valence-electron chi connectivity index (χ1n) is 10.9. The Morgan fingerprint density at radius 3 is 2.30 bits per heavy atom. The van der Waals surface area contributed by atoms with Gasteiger partial charge in [0.2, 0.25) is 0 Å². The van der Waals surface area contributed by atoms with Gasteiger partial charge in [-0.15, -0.1) is 0 Å². The second-order valence-corrected chi connectivity index (χ2v) is 7.56. The molecule has 33 heavy (non-hydrogen) atoms. The third-order valence-electron chi connectivity index (χ3n) is 5.23. The molecule has 0 N–H and O–H groups in total. The largest absolute Gasteiger partial charge is 0.496 e. The maximum Gasteiger partial charge on any atom is 0.415 e. The summed E-state index contributed by atoms with van der Waals surface area (Å²) in [7, 11) is 1.60. The highest BCUT2D eigenvalue weighted by Gasteiger charge is 2.32. The van der Waals surface area contributed by atoms with Crippen LogP contribution in [0.5, 0.6) is 5.75 Å². The number of hydrogen-bond acceptors (Lipinski definition) is 5. The summed E-state index contributed by atoms with van der Waals surface area (Å²) < 4.78 is 16.4. The van der Waals surface area contributed by atoms with Crippen LogP contribution >= 0.6 is 0 Å². The monoisotopic (exact) mass is 447 g/mol. The van der Waals surface area contributed by atoms with Crippen LogP contribution < -0.4 is 9.64 Å². The summed E-state index contributed by atoms with van der Waals surface area (Å²) >= 11 is 0. The van der Waals surface area contributed by atoms with Crippen LogP contribution in [0.1, 0.15) is 25.0 Å². The van der Waals surface area contributed by atoms with Crippen molar-refractivity contribution < 1.29 is 23.8 Å². The number of amides is 1. The fourth-order valence-electron chi connectivity index (χ4n) is 3.57. The second-order valence-electron chi connectivity index (χ2n) is 7.56. The quantitative estimate of drug-likeness (QED) is 0.411. The van der Waals surface area contributed by atoms with Crippen LogP contribution in [0.15, 0.2) is 72.8 Å². The molecule has 0 bridgehead atoms. The molecule has 0 saturated carbocycles. The standard InChI is InChI=1S/C27H29NO5/c1-5-32-26(29)20(3)28(27(30)33-18-21-11-7-6-8-12-21)24-14-10-9-13-22(24)23-17-19(2)15-16-25(23)31-4/h6-17,20H,5,18H2,1-4H3/t20-/m0/s1. The number of methoxy groups -OCH3 is 1. The molecule has 0 unspecified atom stereocenters. The van der Waals surface area contributed by atoms with Crippen molar-refractivity contribution in [2.45, 2.75) is 33.4 Å². The van der Waals surface area contributed by atoms with Gasteiger partial charge in [0.05, 0.1) is 19.4 Å². The average molecular weight is 448 g/mol. The number of para-hydroxylation sites is 1. The van der Waals surface area contributed by atoms with E-state index in [9.17, 15) is 9.59 Å². The molecule has 3 aromatic rings. The predicted octanol–water partition coefficient (Wildman–Crippen LogP) is 5.77. The minimum atomic E-state index is -0.898. The summed E-state index contributed by atoms with van der Waals surface area (Å²) in [5, 5.41) is 0. The van der Waals surface area contributed by atoms with Crippen LogP contribution in [0.2, 0.25) is 0 Å². The van der Waals surface area contributed by atoms with E-state index in [0.717, 1.165) is 22.3 Å². The molecule has 6 nitrogen and oxygen atoms in total. The van der Waals surface area contributed by atoms with Crippen molar-refractivity contribution in [3.63, 3.8) is 0 Å². The number of aryl methyl sites for hydroxylation is 1. The second kappa shape index (κ2) is 11.2. The van der Waals surface area contributed by atoms with Crippen molar-refractivity contribution in [1.29, 1.82) is 0 Å². The average Bonchev–Trinajstić information content (AvgIpc) is 2.84. The smallest absolute Gasteiger partial charge is 0.415 e. The Labute approximate surface area is 194 Å². The SMILES string of the molecule is CCOC(=O)[C@H](C)N(C(=O)OCc1ccccc1)c1ccccc1-c1cc(C)ccc1OC. The molecule has 1 atom stereocenters. The molecule has 172 valence electrons. The molecule has 0 aromatic heterocycles. The minimum absolute atomic E-state index is 0.0850. The van der Waals surface area contributed by atoms with Gasteiger partial charge in [-0.1, -0.05) is 60.2 Å². The number of hydrogen-bond donors (Lipinski definition) is 0. The van der Waals surface area contributed by atoms with E-state index in [1.165, 1.54) is 4.90 Å². The van der Waals surface area contributed by atoms with Crippen LogP contribution in [-0.4, -0.2) is 31.8 Å². The number of carbonyl (C=O) groups excluding carboxylic acids is 2. The number of benzene rings is 3. The van der Waals surface area contributed by atoms with Gasteiger partial charge >= 0.3 is 12.1 Å². The zero-order valence-corrected chi connectivity index (χ0v) is 19.4. The summed E-state index contributed by atoms with van der Waals surface area (Å²) in [4.78, 5) is 27.3. The van der Waals surface area contributed by atoms with E-state index >= 15 is 0 Å². The zero-order chi connectivity index (χ0) is 23.8. The maximum absolute atomic E-state index is 13.3. The Morgan fingerprint density at radius 2 is 1.61 bits per heavy atom. The molecule has 0 aliphatic heterocycles. The number of ether oxygens (including phenoxy) is 3. The lowest BCUT2D eigenvalue weighted by molar-refractivity contribution is -0.144. The Hall–Kier alpha value is -3.80. The molecule has 0 radical (unpaired) electrons. The summed E-state index contributed by atoms with van der Waals surface area (Å²) in [6.07, 6.45) is -0.640. The molecule has 0 fully saturated rings. The number of anilines is 1. The molecule has 3 aromatic carbocycles. The van der Waals surface area contributed by atoms with Crippen molar-refractivity contribution >= 4 is 17.7 Å². The number of esters is 1. The van der Waals surface area contributed by atoms with Gasteiger partial charge in [0.25, 0.3) is 0 Å². The molecule has 6 heteroatoms. The topological polar surface area (TPSA) is 65.1 Å². The van der Waals surface area contributed by atoms with E-state index in [4.69, 9.17) is 14.2 Å². The van der Waals surface area contributed by atoms with Gasteiger partial charge in [-0.25, -0.2) is 9.59 Å². The van der Waals surface area contributed by atoms with E-state index in [2.05, 4.69) is 0 Å². The van der Waals surface area contributed by atoms with E-state index in [0.29, 0.717) is 11.4 Å². The molecule has 0 spiro atoms. The van der Waals surface area contributed by atoms with Crippen LogP contribution in [-0.2, 0) is 20.9 Å². The third kappa shape index (κ3) is 5.71. The van der Waals surface area contributed by atoms with Gasteiger partial charge in [0, 0.05) is 11.1 Å². The van der Waals surface area contributed by atoms with E-state index in [1.807, 2.05) is 73.7 Å². The van der Waals surface area contributed by atoms with Crippen molar-refractivity contribution in [1.82, 2.24) is 0 Å². The highest BCUT2D eigenvalue weighted by Crippen LogP contribution is 2.38. The Kier molecular flexibility index (Phi) is 8.08. The Balaban J connectivity index is 2.05. The van der Waals surface area contributed by atoms with Crippen LogP contribution in [0.3, 0.4) is 0 Å². The van der Waals surface area contributed by atoms with Crippen molar-refractivity contribution in [2.75, 3.05) is 18.6 Å². The zero-order valence-electron chi connectivity index (χ0n) is 19.4. The normalized spacial score (nSPS) is 11.4. The van der Waals surface area contributed by atoms with Gasteiger partial charge < -0.3 is 14.2 Å². The fraction of sp³-hybridized carbons (Fsp3) is 0.259. The number of rotatable bonds is 8. The molecular weight excluding hydrogens is 418 g/mol. The van der Waals surface area contributed by atoms with Crippen LogP contribution in [0.4, 0.5) is 10.5 Å². The molecule has 1 amide bonds. The van der Waals surface area contributed by atoms with Crippen LogP contribution in [0.25, 0.3) is 11.1 Å². The summed E-state index contributed by atoms with van der Waals surface area (Å²) in [6, 6.07) is 21.7. The first kappa shape index (κ1) is 23.9. The summed E-state index contributed by atoms with van der Waals surface area (Å²) in [6.45, 7) is 5.64. The highest BCUT2D eigenvalue weighted by atomic mass is 16.6. The first-order chi connectivity index (χ1) is 16.0. The van der Waals surface area contributed by atoms with Crippen LogP contribution in [0, 0.1) is 6.92 Å². The predicted molar refractivity (Wildman–Crippen MR) is 128 cm³/mol. The summed E-state index contributed by atoms with van der Waals surface area (Å²) in [5.74, 6) is 0.148. The number of carbonyl (C=O) groups is 2. The molecule has 0 saturated heterocycles. The maximum atomic E-state index is 13.3. The molecule has 0 aliphatic carbocycles. The minimum Gasteiger partial charge on any atom is -0.496 e. The van der Waals surface area contributed by atoms with Gasteiger partial charge in [-0.2, -0.15) is 0 Å². The van der Waals surface area contributed by atoms with Gasteiger partial charge in [0.15, 0.2) is 0 Å². The van der Waals surface area contributed by atoms with Crippen molar-refractivity contribution in [3.8, 4) is 16.9 Å². The lowest BCUT2D eigenvalue weighted by Gasteiger charge is -2.29. The molecule has 3 rings (SSSR count). The first-order valence-corrected chi connectivity index (χ1v) is 10.9. The van der Waals surface area contributed by atoms with Gasteiger partial charge in [0.1, 0.15) is 18.4 Å². The third-order valence-corrected chi connectivity index (χ3v) is 5.23. The van der Waals surface area contributed by atoms with Crippen molar-refractivity contribution in [2.24, 2.45) is 0 Å². The van der Waals surface area contributed by atoms with Crippen molar-refractivity contribution in [3.05, 3.63) is 83.9 Å². The summed E-state index contributed by atoms with van der Waals surface area (Å²) in [5.41, 5.74) is 3.97. The Bertz CT molecular complexity index is 1100. The molecule has 0 heterocycles.